The Morgan fingerprint density at radius 3 is 2.48 bits per heavy atom. The molecule has 0 nitrogen and oxygen atoms in total. The maximum atomic E-state index is 2.54. The van der Waals surface area contributed by atoms with Crippen LogP contribution in [0.3, 0.4) is 0 Å². The Kier molecular flexibility index (Phi) is 3.24. The Labute approximate surface area is 140 Å². The van der Waals surface area contributed by atoms with Crippen molar-refractivity contribution in [3.8, 4) is 0 Å². The van der Waals surface area contributed by atoms with Crippen LogP contribution in [0.4, 0.5) is 0 Å². The van der Waals surface area contributed by atoms with Crippen molar-refractivity contribution in [2.45, 2.75) is 26.9 Å². The normalized spacial score (nSPS) is 28.3. The third kappa shape index (κ3) is 2.10. The molecule has 2 atom stereocenters. The first-order valence-corrected chi connectivity index (χ1v) is 11.6. The van der Waals surface area contributed by atoms with Gasteiger partial charge in [0, 0.05) is 11.8 Å². The monoisotopic (exact) mass is 316 g/mol. The minimum atomic E-state index is -1.71. The highest BCUT2D eigenvalue weighted by atomic mass is 28.3. The Hall–Kier alpha value is -1.86. The zero-order valence-corrected chi connectivity index (χ0v) is 15.4. The van der Waals surface area contributed by atoms with Crippen molar-refractivity contribution in [3.05, 3.63) is 93.4 Å². The van der Waals surface area contributed by atoms with E-state index in [1.807, 2.05) is 0 Å². The van der Waals surface area contributed by atoms with E-state index < -0.39 is 8.07 Å². The van der Waals surface area contributed by atoms with Gasteiger partial charge in [0.05, 0.1) is 0 Å². The topological polar surface area (TPSA) is 0 Å². The van der Waals surface area contributed by atoms with E-state index in [2.05, 4.69) is 87.7 Å². The van der Waals surface area contributed by atoms with E-state index >= 15 is 0 Å². The number of fused-ring (bicyclic) bond motifs is 2. The Morgan fingerprint density at radius 2 is 1.65 bits per heavy atom. The molecule has 0 spiro atoms. The Bertz CT molecular complexity index is 816. The molecular formula is C22H24Si. The largest absolute Gasteiger partial charge is 0.109 e. The zero-order valence-electron chi connectivity index (χ0n) is 14.4. The van der Waals surface area contributed by atoms with Gasteiger partial charge in [0.2, 0.25) is 0 Å². The van der Waals surface area contributed by atoms with Gasteiger partial charge < -0.3 is 0 Å². The predicted molar refractivity (Wildman–Crippen MR) is 103 cm³/mol. The molecule has 0 fully saturated rings. The van der Waals surface area contributed by atoms with Gasteiger partial charge in [-0.25, -0.2) is 0 Å². The molecule has 0 radical (unpaired) electrons. The van der Waals surface area contributed by atoms with Crippen LogP contribution < -0.4 is 0 Å². The smallest absolute Gasteiger partial charge is 0.0733 e. The molecule has 116 valence electrons. The molecule has 0 N–H and O–H groups in total. The van der Waals surface area contributed by atoms with Crippen LogP contribution in [-0.4, -0.2) is 8.07 Å². The minimum Gasteiger partial charge on any atom is -0.0733 e. The molecule has 23 heavy (non-hydrogen) atoms. The molecule has 0 heterocycles. The first-order valence-electron chi connectivity index (χ1n) is 8.56. The number of allylic oxidation sites excluding steroid dienone is 16. The number of hydrogen-bond donors (Lipinski definition) is 0. The number of hydrogen-bond acceptors (Lipinski definition) is 0. The second kappa shape index (κ2) is 5.07. The van der Waals surface area contributed by atoms with E-state index in [-0.39, 0.29) is 0 Å². The molecule has 0 aromatic heterocycles. The fourth-order valence-corrected chi connectivity index (χ4v) is 9.34. The molecule has 0 saturated heterocycles. The van der Waals surface area contributed by atoms with Crippen LogP contribution in [0.25, 0.3) is 0 Å². The van der Waals surface area contributed by atoms with Crippen LogP contribution in [0.15, 0.2) is 93.4 Å². The van der Waals surface area contributed by atoms with Gasteiger partial charge in [-0.2, -0.15) is 0 Å². The van der Waals surface area contributed by atoms with Gasteiger partial charge in [-0.15, -0.1) is 0 Å². The second-order valence-electron chi connectivity index (χ2n) is 7.54. The third-order valence-corrected chi connectivity index (χ3v) is 9.64. The SMILES string of the molecule is CC1=CC2C=CC=CC2=C1[Si](C)(C)C1=C(C)C=C2C=CC=CC21. The van der Waals surface area contributed by atoms with Crippen molar-refractivity contribution in [2.24, 2.45) is 11.8 Å². The molecule has 2 unspecified atom stereocenters. The van der Waals surface area contributed by atoms with Crippen molar-refractivity contribution in [1.29, 1.82) is 0 Å². The van der Waals surface area contributed by atoms with Crippen molar-refractivity contribution >= 4 is 8.07 Å². The van der Waals surface area contributed by atoms with Gasteiger partial charge in [-0.05, 0) is 30.2 Å². The first kappa shape index (κ1) is 14.7. The summed E-state index contributed by atoms with van der Waals surface area (Å²) in [6.07, 6.45) is 23.0. The zero-order chi connectivity index (χ0) is 16.2. The van der Waals surface area contributed by atoms with Crippen LogP contribution in [-0.2, 0) is 0 Å². The summed E-state index contributed by atoms with van der Waals surface area (Å²) in [7, 11) is -1.71. The fraction of sp³-hybridized carbons (Fsp3) is 0.273. The molecule has 1 heteroatoms. The number of rotatable bonds is 2. The second-order valence-corrected chi connectivity index (χ2v) is 11.8. The summed E-state index contributed by atoms with van der Waals surface area (Å²) in [6, 6.07) is 0. The average Bonchev–Trinajstić information content (AvgIpc) is 3.02. The molecule has 0 aliphatic heterocycles. The summed E-state index contributed by atoms with van der Waals surface area (Å²) in [5.74, 6) is 1.00. The lowest BCUT2D eigenvalue weighted by Gasteiger charge is -2.34. The van der Waals surface area contributed by atoms with Gasteiger partial charge >= 0.3 is 0 Å². The van der Waals surface area contributed by atoms with Crippen LogP contribution in [0.1, 0.15) is 13.8 Å². The van der Waals surface area contributed by atoms with E-state index in [1.54, 1.807) is 16.0 Å². The van der Waals surface area contributed by atoms with Gasteiger partial charge in [0.1, 0.15) is 8.07 Å². The minimum absolute atomic E-state index is 0.498. The Balaban J connectivity index is 1.83. The van der Waals surface area contributed by atoms with Crippen LogP contribution >= 0.6 is 0 Å². The van der Waals surface area contributed by atoms with E-state index in [0.29, 0.717) is 11.8 Å². The summed E-state index contributed by atoms with van der Waals surface area (Å²) >= 11 is 0. The summed E-state index contributed by atoms with van der Waals surface area (Å²) in [6.45, 7) is 9.71. The van der Waals surface area contributed by atoms with Gasteiger partial charge in [0.25, 0.3) is 0 Å². The van der Waals surface area contributed by atoms with Gasteiger partial charge in [-0.1, -0.05) is 90.2 Å². The van der Waals surface area contributed by atoms with Crippen LogP contribution in [0.2, 0.25) is 13.1 Å². The van der Waals surface area contributed by atoms with Crippen LogP contribution in [0, 0.1) is 11.8 Å². The summed E-state index contributed by atoms with van der Waals surface area (Å²) in [5.41, 5.74) is 6.02. The third-order valence-electron chi connectivity index (χ3n) is 5.66. The lowest BCUT2D eigenvalue weighted by atomic mass is 9.98. The van der Waals surface area contributed by atoms with Gasteiger partial charge in [0.15, 0.2) is 0 Å². The predicted octanol–water partition coefficient (Wildman–Crippen LogP) is 5.77. The maximum absolute atomic E-state index is 2.54. The lowest BCUT2D eigenvalue weighted by Crippen LogP contribution is -2.37. The molecular weight excluding hydrogens is 292 g/mol. The summed E-state index contributed by atoms with van der Waals surface area (Å²) in [5, 5.41) is 3.36. The first-order chi connectivity index (χ1) is 11.0. The highest BCUT2D eigenvalue weighted by Crippen LogP contribution is 2.48. The summed E-state index contributed by atoms with van der Waals surface area (Å²) in [4.78, 5) is 0. The summed E-state index contributed by atoms with van der Waals surface area (Å²) < 4.78 is 0. The van der Waals surface area contributed by atoms with Crippen molar-refractivity contribution in [3.63, 3.8) is 0 Å². The molecule has 4 rings (SSSR count). The Morgan fingerprint density at radius 1 is 0.913 bits per heavy atom. The van der Waals surface area contributed by atoms with E-state index in [9.17, 15) is 0 Å². The maximum Gasteiger partial charge on any atom is 0.109 e. The fourth-order valence-electron chi connectivity index (χ4n) is 4.93. The highest BCUT2D eigenvalue weighted by Gasteiger charge is 2.42. The molecule has 0 saturated carbocycles. The van der Waals surface area contributed by atoms with Crippen molar-refractivity contribution in [2.75, 3.05) is 0 Å². The van der Waals surface area contributed by atoms with Crippen LogP contribution in [0.5, 0.6) is 0 Å². The molecule has 0 aromatic carbocycles. The molecule has 4 aliphatic rings. The molecule has 4 aliphatic carbocycles. The van der Waals surface area contributed by atoms with Crippen molar-refractivity contribution in [1.82, 2.24) is 0 Å². The highest BCUT2D eigenvalue weighted by molar-refractivity contribution is 6.92. The quantitative estimate of drug-likeness (QED) is 0.567. The van der Waals surface area contributed by atoms with Crippen molar-refractivity contribution < 1.29 is 0 Å². The molecule has 0 amide bonds. The van der Waals surface area contributed by atoms with E-state index in [0.717, 1.165) is 0 Å². The molecule has 0 bridgehead atoms. The van der Waals surface area contributed by atoms with E-state index in [1.165, 1.54) is 16.7 Å². The molecule has 0 aromatic rings. The standard InChI is InChI=1S/C22H24Si/c1-15-13-17-9-5-7-11-19(17)21(15)23(3,4)22-16(2)14-18-10-6-8-12-20(18)22/h5-14,17,20H,1-4H3. The lowest BCUT2D eigenvalue weighted by molar-refractivity contribution is 0.976. The van der Waals surface area contributed by atoms with Gasteiger partial charge in [-0.3, -0.25) is 0 Å². The van der Waals surface area contributed by atoms with E-state index in [4.69, 9.17) is 0 Å². The average molecular weight is 317 g/mol.